The van der Waals surface area contributed by atoms with E-state index in [0.29, 0.717) is 0 Å². The number of aromatic hydroxyl groups is 2. The van der Waals surface area contributed by atoms with E-state index >= 15 is 0 Å². The second kappa shape index (κ2) is 7.87. The third kappa shape index (κ3) is 3.77. The lowest BCUT2D eigenvalue weighted by Crippen LogP contribution is -2.38. The SMILES string of the molecule is O=S(=O)(O)C(c1ccc(O)cc1)(c1cc(Cl)ccc1Cl)c1cc(O)c(Cl)cc1Cl. The van der Waals surface area contributed by atoms with Crippen LogP contribution in [0.2, 0.25) is 20.1 Å². The average Bonchev–Trinajstić information content (AvgIpc) is 2.63. The summed E-state index contributed by atoms with van der Waals surface area (Å²) in [4.78, 5) is 0. The molecule has 0 saturated carbocycles. The van der Waals surface area contributed by atoms with Gasteiger partial charge in [0.1, 0.15) is 11.5 Å². The van der Waals surface area contributed by atoms with E-state index in [-0.39, 0.29) is 42.5 Å². The van der Waals surface area contributed by atoms with Crippen LogP contribution in [-0.4, -0.2) is 23.2 Å². The van der Waals surface area contributed by atoms with E-state index in [2.05, 4.69) is 0 Å². The Labute approximate surface area is 186 Å². The van der Waals surface area contributed by atoms with E-state index in [4.69, 9.17) is 46.4 Å². The summed E-state index contributed by atoms with van der Waals surface area (Å²) in [6.07, 6.45) is 0. The van der Waals surface area contributed by atoms with Gasteiger partial charge in [0.15, 0.2) is 4.75 Å². The first kappa shape index (κ1) is 22.0. The first-order chi connectivity index (χ1) is 13.5. The van der Waals surface area contributed by atoms with Crippen molar-refractivity contribution in [1.29, 1.82) is 0 Å². The van der Waals surface area contributed by atoms with Gasteiger partial charge in [-0.3, -0.25) is 4.55 Å². The fraction of sp³-hybridized carbons (Fsp3) is 0.0526. The summed E-state index contributed by atoms with van der Waals surface area (Å²) in [7, 11) is -5.05. The van der Waals surface area contributed by atoms with E-state index in [9.17, 15) is 23.2 Å². The maximum absolute atomic E-state index is 13.0. The molecule has 152 valence electrons. The minimum absolute atomic E-state index is 0.00871. The summed E-state index contributed by atoms with van der Waals surface area (Å²) < 4.78 is 34.0. The molecule has 0 aliphatic rings. The fourth-order valence-corrected chi connectivity index (χ4v) is 5.55. The zero-order chi connectivity index (χ0) is 21.6. The van der Waals surface area contributed by atoms with Crippen LogP contribution in [0.4, 0.5) is 0 Å². The van der Waals surface area contributed by atoms with Crippen molar-refractivity contribution in [2.45, 2.75) is 4.75 Å². The van der Waals surface area contributed by atoms with Gasteiger partial charge in [0.2, 0.25) is 0 Å². The molecule has 1 atom stereocenters. The predicted molar refractivity (Wildman–Crippen MR) is 114 cm³/mol. The molecular weight excluding hydrogens is 482 g/mol. The molecule has 0 fully saturated rings. The molecule has 3 rings (SSSR count). The van der Waals surface area contributed by atoms with Gasteiger partial charge in [-0.25, -0.2) is 0 Å². The third-order valence-corrected chi connectivity index (χ3v) is 7.01. The zero-order valence-corrected chi connectivity index (χ0v) is 18.1. The van der Waals surface area contributed by atoms with Crippen LogP contribution in [0.5, 0.6) is 11.5 Å². The third-order valence-electron chi connectivity index (χ3n) is 4.38. The van der Waals surface area contributed by atoms with Crippen LogP contribution in [0.3, 0.4) is 0 Å². The van der Waals surface area contributed by atoms with Crippen molar-refractivity contribution in [3.05, 3.63) is 91.4 Å². The molecule has 0 aliphatic heterocycles. The first-order valence-electron chi connectivity index (χ1n) is 7.89. The van der Waals surface area contributed by atoms with Crippen molar-refractivity contribution in [3.8, 4) is 11.5 Å². The molecule has 10 heteroatoms. The van der Waals surface area contributed by atoms with Crippen molar-refractivity contribution in [2.24, 2.45) is 0 Å². The van der Waals surface area contributed by atoms with Gasteiger partial charge in [-0.1, -0.05) is 58.5 Å². The maximum Gasteiger partial charge on any atom is 0.283 e. The first-order valence-corrected chi connectivity index (χ1v) is 10.8. The maximum atomic E-state index is 13.0. The van der Waals surface area contributed by atoms with E-state index in [1.54, 1.807) is 0 Å². The summed E-state index contributed by atoms with van der Waals surface area (Å²) in [6.45, 7) is 0. The highest BCUT2D eigenvalue weighted by Gasteiger charge is 2.51. The van der Waals surface area contributed by atoms with Crippen LogP contribution in [0.15, 0.2) is 54.6 Å². The minimum Gasteiger partial charge on any atom is -0.508 e. The molecule has 0 aromatic heterocycles. The lowest BCUT2D eigenvalue weighted by atomic mass is 9.83. The molecule has 29 heavy (non-hydrogen) atoms. The van der Waals surface area contributed by atoms with Crippen LogP contribution >= 0.6 is 46.4 Å². The van der Waals surface area contributed by atoms with E-state index < -0.39 is 20.6 Å². The van der Waals surface area contributed by atoms with Crippen molar-refractivity contribution in [3.63, 3.8) is 0 Å². The molecule has 0 spiro atoms. The van der Waals surface area contributed by atoms with Gasteiger partial charge in [0, 0.05) is 26.2 Å². The Kier molecular flexibility index (Phi) is 5.98. The monoisotopic (exact) mass is 492 g/mol. The molecule has 1 unspecified atom stereocenters. The van der Waals surface area contributed by atoms with Gasteiger partial charge < -0.3 is 10.2 Å². The molecule has 3 N–H and O–H groups in total. The van der Waals surface area contributed by atoms with Crippen LogP contribution < -0.4 is 0 Å². The average molecular weight is 494 g/mol. The molecule has 0 amide bonds. The van der Waals surface area contributed by atoms with Gasteiger partial charge in [-0.05, 0) is 48.0 Å². The van der Waals surface area contributed by atoms with Crippen molar-refractivity contribution in [1.82, 2.24) is 0 Å². The van der Waals surface area contributed by atoms with Crippen molar-refractivity contribution >= 4 is 56.5 Å². The quantitative estimate of drug-likeness (QED) is 0.311. The van der Waals surface area contributed by atoms with E-state index in [0.717, 1.165) is 12.1 Å². The number of hydrogen-bond acceptors (Lipinski definition) is 4. The molecule has 0 radical (unpaired) electrons. The summed E-state index contributed by atoms with van der Waals surface area (Å²) in [6, 6.07) is 11.3. The Morgan fingerprint density at radius 1 is 0.724 bits per heavy atom. The normalized spacial score (nSPS) is 13.8. The summed E-state index contributed by atoms with van der Waals surface area (Å²) in [5.74, 6) is -0.601. The number of hydrogen-bond donors (Lipinski definition) is 3. The summed E-state index contributed by atoms with van der Waals surface area (Å²) >= 11 is 24.6. The highest BCUT2D eigenvalue weighted by atomic mass is 35.5. The minimum atomic E-state index is -5.05. The molecule has 0 heterocycles. The Morgan fingerprint density at radius 3 is 1.90 bits per heavy atom. The standard InChI is InChI=1S/C19H12Cl4O5S/c20-11-3-6-15(21)13(7-11)19(29(26,27)28,10-1-4-12(24)5-2-10)14-8-18(25)17(23)9-16(14)22/h1-9,24-25H,(H,26,27,28). The summed E-state index contributed by atoms with van der Waals surface area (Å²) in [5.41, 5.74) is -0.326. The van der Waals surface area contributed by atoms with Crippen LogP contribution in [0, 0.1) is 0 Å². The van der Waals surface area contributed by atoms with Gasteiger partial charge in [0.25, 0.3) is 10.1 Å². The number of benzene rings is 3. The summed E-state index contributed by atoms with van der Waals surface area (Å²) in [5, 5.41) is 19.6. The fourth-order valence-electron chi connectivity index (χ4n) is 3.15. The largest absolute Gasteiger partial charge is 0.508 e. The van der Waals surface area contributed by atoms with Crippen LogP contribution in [0.1, 0.15) is 16.7 Å². The number of rotatable bonds is 4. The Bertz CT molecular complexity index is 1200. The molecule has 0 aliphatic carbocycles. The number of phenols is 2. The molecule has 0 bridgehead atoms. The molecule has 0 saturated heterocycles. The van der Waals surface area contributed by atoms with Crippen molar-refractivity contribution in [2.75, 3.05) is 0 Å². The number of phenolic OH excluding ortho intramolecular Hbond substituents is 2. The molecular formula is C19H12Cl4O5S. The predicted octanol–water partition coefficient (Wildman–Crippen LogP) is 5.89. The highest BCUT2D eigenvalue weighted by molar-refractivity contribution is 7.87. The lowest BCUT2D eigenvalue weighted by molar-refractivity contribution is 0.455. The van der Waals surface area contributed by atoms with E-state index in [1.165, 1.54) is 42.5 Å². The number of halogens is 4. The zero-order valence-electron chi connectivity index (χ0n) is 14.3. The van der Waals surface area contributed by atoms with Crippen molar-refractivity contribution < 1.29 is 23.2 Å². The molecule has 5 nitrogen and oxygen atoms in total. The second-order valence-electron chi connectivity index (χ2n) is 6.11. The van der Waals surface area contributed by atoms with Gasteiger partial charge in [-0.2, -0.15) is 8.42 Å². The van der Waals surface area contributed by atoms with Gasteiger partial charge >= 0.3 is 0 Å². The highest BCUT2D eigenvalue weighted by Crippen LogP contribution is 2.50. The van der Waals surface area contributed by atoms with Crippen LogP contribution in [0.25, 0.3) is 0 Å². The molecule has 3 aromatic rings. The Balaban J connectivity index is 2.61. The Morgan fingerprint density at radius 2 is 1.31 bits per heavy atom. The van der Waals surface area contributed by atoms with Crippen LogP contribution in [-0.2, 0) is 14.9 Å². The van der Waals surface area contributed by atoms with E-state index in [1.807, 2.05) is 0 Å². The Hall–Kier alpha value is -1.67. The lowest BCUT2D eigenvalue weighted by Gasteiger charge is -2.34. The smallest absolute Gasteiger partial charge is 0.283 e. The van der Waals surface area contributed by atoms with Gasteiger partial charge in [-0.15, -0.1) is 0 Å². The molecule has 3 aromatic carbocycles. The van der Waals surface area contributed by atoms with Gasteiger partial charge in [0.05, 0.1) is 5.02 Å². The topological polar surface area (TPSA) is 94.8 Å². The second-order valence-corrected chi connectivity index (χ2v) is 9.33.